The van der Waals surface area contributed by atoms with Crippen LogP contribution in [0.25, 0.3) is 0 Å². The van der Waals surface area contributed by atoms with Gasteiger partial charge in [-0.15, -0.1) is 0 Å². The average molecular weight is 283 g/mol. The van der Waals surface area contributed by atoms with Crippen LogP contribution in [0.5, 0.6) is 0 Å². The van der Waals surface area contributed by atoms with Crippen molar-refractivity contribution in [3.63, 3.8) is 0 Å². The predicted molar refractivity (Wildman–Crippen MR) is 79.4 cm³/mol. The number of rotatable bonds is 3. The Balaban J connectivity index is 2.04. The zero-order valence-electron chi connectivity index (χ0n) is 12.1. The molecule has 0 saturated heterocycles. The van der Waals surface area contributed by atoms with Crippen LogP contribution in [0.2, 0.25) is 0 Å². The normalized spacial score (nSPS) is 9.86. The SMILES string of the molecule is Cc1ncoc1C(=O)N(C)Cc1ccc(C#CCN)cc1. The molecule has 0 aliphatic rings. The highest BCUT2D eigenvalue weighted by Gasteiger charge is 2.18. The van der Waals surface area contributed by atoms with Gasteiger partial charge in [0.05, 0.1) is 12.2 Å². The lowest BCUT2D eigenvalue weighted by Crippen LogP contribution is -2.26. The molecule has 1 aromatic heterocycles. The summed E-state index contributed by atoms with van der Waals surface area (Å²) in [5.74, 6) is 5.86. The van der Waals surface area contributed by atoms with E-state index in [0.717, 1.165) is 11.1 Å². The number of nitrogens with zero attached hydrogens (tertiary/aromatic N) is 2. The first-order chi connectivity index (χ1) is 10.1. The molecule has 0 atom stereocenters. The van der Waals surface area contributed by atoms with Crippen LogP contribution in [0.4, 0.5) is 0 Å². The summed E-state index contributed by atoms with van der Waals surface area (Å²) in [6.45, 7) is 2.58. The van der Waals surface area contributed by atoms with Crippen LogP contribution in [0.15, 0.2) is 35.1 Å². The van der Waals surface area contributed by atoms with Crippen molar-refractivity contribution in [3.8, 4) is 11.8 Å². The number of nitrogens with two attached hydrogens (primary N) is 1. The Morgan fingerprint density at radius 2 is 2.10 bits per heavy atom. The topological polar surface area (TPSA) is 72.4 Å². The quantitative estimate of drug-likeness (QED) is 0.868. The van der Waals surface area contributed by atoms with Gasteiger partial charge in [0.25, 0.3) is 5.91 Å². The first-order valence-corrected chi connectivity index (χ1v) is 6.55. The van der Waals surface area contributed by atoms with E-state index in [4.69, 9.17) is 10.2 Å². The molecule has 2 N–H and O–H groups in total. The zero-order valence-corrected chi connectivity index (χ0v) is 12.1. The van der Waals surface area contributed by atoms with Crippen molar-refractivity contribution in [2.45, 2.75) is 13.5 Å². The molecule has 1 aromatic carbocycles. The molecule has 0 saturated carbocycles. The number of hydrogen-bond acceptors (Lipinski definition) is 4. The van der Waals surface area contributed by atoms with Gasteiger partial charge in [0, 0.05) is 19.2 Å². The molecule has 1 heterocycles. The lowest BCUT2D eigenvalue weighted by molar-refractivity contribution is 0.0752. The van der Waals surface area contributed by atoms with Crippen molar-refractivity contribution in [2.24, 2.45) is 5.73 Å². The van der Waals surface area contributed by atoms with Crippen molar-refractivity contribution in [2.75, 3.05) is 13.6 Å². The lowest BCUT2D eigenvalue weighted by Gasteiger charge is -2.16. The van der Waals surface area contributed by atoms with E-state index < -0.39 is 0 Å². The summed E-state index contributed by atoms with van der Waals surface area (Å²) in [5, 5.41) is 0. The summed E-state index contributed by atoms with van der Waals surface area (Å²) >= 11 is 0. The van der Waals surface area contributed by atoms with Crippen molar-refractivity contribution in [1.82, 2.24) is 9.88 Å². The van der Waals surface area contributed by atoms with Crippen LogP contribution in [-0.2, 0) is 6.54 Å². The Morgan fingerprint density at radius 3 is 2.67 bits per heavy atom. The third-order valence-electron chi connectivity index (χ3n) is 2.99. The third-order valence-corrected chi connectivity index (χ3v) is 2.99. The standard InChI is InChI=1S/C16H17N3O2/c1-12-15(21-11-18-12)16(20)19(2)10-14-7-5-13(6-8-14)4-3-9-17/h5-8,11H,9-10,17H2,1-2H3. The second-order valence-corrected chi connectivity index (χ2v) is 4.63. The van der Waals surface area contributed by atoms with E-state index in [0.29, 0.717) is 18.8 Å². The summed E-state index contributed by atoms with van der Waals surface area (Å²) in [7, 11) is 1.73. The molecular formula is C16H17N3O2. The number of aryl methyl sites for hydroxylation is 1. The van der Waals surface area contributed by atoms with Crippen LogP contribution in [0, 0.1) is 18.8 Å². The number of carbonyl (C=O) groups excluding carboxylic acids is 1. The van der Waals surface area contributed by atoms with Gasteiger partial charge in [0.2, 0.25) is 5.76 Å². The highest BCUT2D eigenvalue weighted by atomic mass is 16.3. The lowest BCUT2D eigenvalue weighted by atomic mass is 10.1. The molecule has 0 aliphatic carbocycles. The van der Waals surface area contributed by atoms with E-state index in [1.54, 1.807) is 18.9 Å². The fourth-order valence-electron chi connectivity index (χ4n) is 1.87. The van der Waals surface area contributed by atoms with Crippen LogP contribution in [-0.4, -0.2) is 29.4 Å². The van der Waals surface area contributed by atoms with Gasteiger partial charge in [0.1, 0.15) is 0 Å². The summed E-state index contributed by atoms with van der Waals surface area (Å²) in [6, 6.07) is 7.71. The fraction of sp³-hybridized carbons (Fsp3) is 0.250. The largest absolute Gasteiger partial charge is 0.438 e. The molecular weight excluding hydrogens is 266 g/mol. The van der Waals surface area contributed by atoms with E-state index in [9.17, 15) is 4.79 Å². The number of oxazole rings is 1. The van der Waals surface area contributed by atoms with Crippen molar-refractivity contribution < 1.29 is 9.21 Å². The van der Waals surface area contributed by atoms with Crippen LogP contribution >= 0.6 is 0 Å². The van der Waals surface area contributed by atoms with Gasteiger partial charge in [-0.2, -0.15) is 0 Å². The third kappa shape index (κ3) is 3.71. The Kier molecular flexibility index (Phi) is 4.75. The summed E-state index contributed by atoms with van der Waals surface area (Å²) in [6.07, 6.45) is 1.28. The molecule has 0 aliphatic heterocycles. The molecule has 2 aromatic rings. The Morgan fingerprint density at radius 1 is 1.38 bits per heavy atom. The fourth-order valence-corrected chi connectivity index (χ4v) is 1.87. The maximum atomic E-state index is 12.2. The zero-order chi connectivity index (χ0) is 15.2. The number of carbonyl (C=O) groups is 1. The molecule has 0 fully saturated rings. The van der Waals surface area contributed by atoms with E-state index >= 15 is 0 Å². The average Bonchev–Trinajstić information content (AvgIpc) is 2.92. The van der Waals surface area contributed by atoms with Gasteiger partial charge < -0.3 is 15.1 Å². The second-order valence-electron chi connectivity index (χ2n) is 4.63. The summed E-state index contributed by atoms with van der Waals surface area (Å²) in [5.41, 5.74) is 7.85. The van der Waals surface area contributed by atoms with E-state index in [1.165, 1.54) is 6.39 Å². The van der Waals surface area contributed by atoms with Gasteiger partial charge >= 0.3 is 0 Å². The maximum absolute atomic E-state index is 12.2. The van der Waals surface area contributed by atoms with Gasteiger partial charge in [-0.1, -0.05) is 24.0 Å². The van der Waals surface area contributed by atoms with Gasteiger partial charge in [-0.3, -0.25) is 4.79 Å². The van der Waals surface area contributed by atoms with Gasteiger partial charge in [0.15, 0.2) is 6.39 Å². The van der Waals surface area contributed by atoms with Gasteiger partial charge in [-0.05, 0) is 24.6 Å². The van der Waals surface area contributed by atoms with Crippen LogP contribution < -0.4 is 5.73 Å². The Labute approximate surface area is 123 Å². The molecule has 2 rings (SSSR count). The summed E-state index contributed by atoms with van der Waals surface area (Å²) in [4.78, 5) is 17.7. The molecule has 0 bridgehead atoms. The maximum Gasteiger partial charge on any atom is 0.291 e. The minimum atomic E-state index is -0.183. The number of hydrogen-bond donors (Lipinski definition) is 1. The first-order valence-electron chi connectivity index (χ1n) is 6.55. The predicted octanol–water partition coefficient (Wildman–Crippen LogP) is 1.57. The monoisotopic (exact) mass is 283 g/mol. The molecule has 0 spiro atoms. The number of amides is 1. The molecule has 0 unspecified atom stereocenters. The smallest absolute Gasteiger partial charge is 0.291 e. The molecule has 1 amide bonds. The van der Waals surface area contributed by atoms with Crippen molar-refractivity contribution in [1.29, 1.82) is 0 Å². The van der Waals surface area contributed by atoms with E-state index in [1.807, 2.05) is 24.3 Å². The van der Waals surface area contributed by atoms with E-state index in [2.05, 4.69) is 16.8 Å². The minimum Gasteiger partial charge on any atom is -0.438 e. The molecule has 21 heavy (non-hydrogen) atoms. The van der Waals surface area contributed by atoms with Gasteiger partial charge in [-0.25, -0.2) is 4.98 Å². The number of aromatic nitrogens is 1. The number of benzene rings is 1. The van der Waals surface area contributed by atoms with Crippen molar-refractivity contribution in [3.05, 3.63) is 53.2 Å². The Hall–Kier alpha value is -2.58. The molecule has 5 nitrogen and oxygen atoms in total. The summed E-state index contributed by atoms with van der Waals surface area (Å²) < 4.78 is 5.12. The highest BCUT2D eigenvalue weighted by Crippen LogP contribution is 2.11. The van der Waals surface area contributed by atoms with Crippen LogP contribution in [0.3, 0.4) is 0 Å². The molecule has 0 radical (unpaired) electrons. The van der Waals surface area contributed by atoms with Crippen molar-refractivity contribution >= 4 is 5.91 Å². The highest BCUT2D eigenvalue weighted by molar-refractivity contribution is 5.92. The second kappa shape index (κ2) is 6.73. The first kappa shape index (κ1) is 14.8. The van der Waals surface area contributed by atoms with E-state index in [-0.39, 0.29) is 11.7 Å². The van der Waals surface area contributed by atoms with Crippen LogP contribution in [0.1, 0.15) is 27.4 Å². The minimum absolute atomic E-state index is 0.183. The molecule has 5 heteroatoms. The Bertz CT molecular complexity index is 678. The molecule has 108 valence electrons.